The number of carbonyl (C=O) groups is 1. The lowest BCUT2D eigenvalue weighted by atomic mass is 9.94. The van der Waals surface area contributed by atoms with Crippen molar-refractivity contribution in [2.24, 2.45) is 5.92 Å². The standard InChI is InChI=1S/C13H25NOS/c1-5-11-6-8-14(9-7-11)12(15)10-16-13(2,3)4/h11H,5-10H2,1-4H3. The zero-order valence-corrected chi connectivity index (χ0v) is 11.9. The molecule has 2 nitrogen and oxygen atoms in total. The Hall–Kier alpha value is -0.180. The molecule has 1 amide bonds. The lowest BCUT2D eigenvalue weighted by molar-refractivity contribution is -0.129. The van der Waals surface area contributed by atoms with Crippen molar-refractivity contribution in [3.63, 3.8) is 0 Å². The highest BCUT2D eigenvalue weighted by Crippen LogP contribution is 2.25. The third-order valence-corrected chi connectivity index (χ3v) is 4.43. The van der Waals surface area contributed by atoms with Gasteiger partial charge in [0.2, 0.25) is 5.91 Å². The van der Waals surface area contributed by atoms with E-state index in [0.717, 1.165) is 19.0 Å². The third-order valence-electron chi connectivity index (χ3n) is 3.17. The molecule has 1 rings (SSSR count). The molecule has 0 bridgehead atoms. The average Bonchev–Trinajstić information content (AvgIpc) is 2.25. The second-order valence-electron chi connectivity index (χ2n) is 5.63. The minimum atomic E-state index is 0.192. The maximum Gasteiger partial charge on any atom is 0.232 e. The van der Waals surface area contributed by atoms with Crippen molar-refractivity contribution in [3.05, 3.63) is 0 Å². The smallest absolute Gasteiger partial charge is 0.232 e. The number of piperidine rings is 1. The number of amides is 1. The highest BCUT2D eigenvalue weighted by Gasteiger charge is 2.22. The van der Waals surface area contributed by atoms with E-state index in [4.69, 9.17) is 0 Å². The molecular formula is C13H25NOS. The van der Waals surface area contributed by atoms with E-state index in [-0.39, 0.29) is 4.75 Å². The highest BCUT2D eigenvalue weighted by molar-refractivity contribution is 8.01. The van der Waals surface area contributed by atoms with Crippen LogP contribution in [-0.2, 0) is 4.79 Å². The van der Waals surface area contributed by atoms with Crippen LogP contribution in [0.5, 0.6) is 0 Å². The molecule has 0 aromatic heterocycles. The van der Waals surface area contributed by atoms with E-state index in [1.54, 1.807) is 11.8 Å². The Kier molecular flexibility index (Phi) is 5.16. The average molecular weight is 243 g/mol. The van der Waals surface area contributed by atoms with Gasteiger partial charge in [-0.05, 0) is 18.8 Å². The monoisotopic (exact) mass is 243 g/mol. The van der Waals surface area contributed by atoms with Gasteiger partial charge in [-0.1, -0.05) is 34.1 Å². The Balaban J connectivity index is 2.28. The Labute approximate surface area is 104 Å². The largest absolute Gasteiger partial charge is 0.342 e. The molecule has 1 heterocycles. The second kappa shape index (κ2) is 5.95. The minimum Gasteiger partial charge on any atom is -0.342 e. The summed E-state index contributed by atoms with van der Waals surface area (Å²) in [7, 11) is 0. The molecule has 0 atom stereocenters. The minimum absolute atomic E-state index is 0.192. The predicted molar refractivity (Wildman–Crippen MR) is 71.8 cm³/mol. The van der Waals surface area contributed by atoms with Gasteiger partial charge < -0.3 is 4.90 Å². The van der Waals surface area contributed by atoms with E-state index in [1.807, 2.05) is 4.90 Å². The summed E-state index contributed by atoms with van der Waals surface area (Å²) in [6.45, 7) is 10.7. The second-order valence-corrected chi connectivity index (χ2v) is 7.44. The summed E-state index contributed by atoms with van der Waals surface area (Å²) in [5.74, 6) is 1.81. The molecule has 0 radical (unpaired) electrons. The summed E-state index contributed by atoms with van der Waals surface area (Å²) in [5, 5.41) is 0. The Morgan fingerprint density at radius 2 is 1.88 bits per heavy atom. The van der Waals surface area contributed by atoms with Crippen LogP contribution in [-0.4, -0.2) is 34.4 Å². The molecule has 16 heavy (non-hydrogen) atoms. The van der Waals surface area contributed by atoms with Crippen molar-refractivity contribution in [1.82, 2.24) is 4.90 Å². The fourth-order valence-corrected chi connectivity index (χ4v) is 2.70. The third kappa shape index (κ3) is 4.77. The quantitative estimate of drug-likeness (QED) is 0.759. The van der Waals surface area contributed by atoms with Crippen LogP contribution in [0.15, 0.2) is 0 Å². The first-order valence-electron chi connectivity index (χ1n) is 6.34. The first-order chi connectivity index (χ1) is 7.42. The first kappa shape index (κ1) is 13.9. The van der Waals surface area contributed by atoms with Crippen molar-refractivity contribution in [2.45, 2.75) is 51.7 Å². The van der Waals surface area contributed by atoms with Crippen molar-refractivity contribution in [2.75, 3.05) is 18.8 Å². The topological polar surface area (TPSA) is 20.3 Å². The molecule has 0 aromatic carbocycles. The van der Waals surface area contributed by atoms with Gasteiger partial charge in [0.05, 0.1) is 5.75 Å². The summed E-state index contributed by atoms with van der Waals surface area (Å²) in [6, 6.07) is 0. The van der Waals surface area contributed by atoms with Gasteiger partial charge >= 0.3 is 0 Å². The van der Waals surface area contributed by atoms with Crippen LogP contribution < -0.4 is 0 Å². The van der Waals surface area contributed by atoms with E-state index in [1.165, 1.54) is 19.3 Å². The summed E-state index contributed by atoms with van der Waals surface area (Å²) in [5.41, 5.74) is 0. The van der Waals surface area contributed by atoms with Gasteiger partial charge in [-0.2, -0.15) is 0 Å². The van der Waals surface area contributed by atoms with Crippen LogP contribution in [0.2, 0.25) is 0 Å². The van der Waals surface area contributed by atoms with Crippen molar-refractivity contribution >= 4 is 17.7 Å². The number of nitrogens with zero attached hydrogens (tertiary/aromatic N) is 1. The van der Waals surface area contributed by atoms with Gasteiger partial charge in [0.15, 0.2) is 0 Å². The maximum atomic E-state index is 11.9. The number of thioether (sulfide) groups is 1. The number of carbonyl (C=O) groups excluding carboxylic acids is 1. The highest BCUT2D eigenvalue weighted by atomic mass is 32.2. The Morgan fingerprint density at radius 1 is 1.31 bits per heavy atom. The fraction of sp³-hybridized carbons (Fsp3) is 0.923. The number of likely N-dealkylation sites (tertiary alicyclic amines) is 1. The van der Waals surface area contributed by atoms with E-state index in [0.29, 0.717) is 11.7 Å². The molecule has 0 N–H and O–H groups in total. The zero-order valence-electron chi connectivity index (χ0n) is 11.1. The van der Waals surface area contributed by atoms with Gasteiger partial charge in [0.25, 0.3) is 0 Å². The molecule has 1 saturated heterocycles. The molecule has 0 aromatic rings. The summed E-state index contributed by atoms with van der Waals surface area (Å²) in [4.78, 5) is 14.0. The summed E-state index contributed by atoms with van der Waals surface area (Å²) in [6.07, 6.45) is 3.66. The Bertz CT molecular complexity index is 227. The van der Waals surface area contributed by atoms with Crippen LogP contribution in [0.3, 0.4) is 0 Å². The number of hydrogen-bond donors (Lipinski definition) is 0. The molecule has 3 heteroatoms. The first-order valence-corrected chi connectivity index (χ1v) is 7.32. The van der Waals surface area contributed by atoms with E-state index >= 15 is 0 Å². The van der Waals surface area contributed by atoms with Crippen molar-refractivity contribution in [1.29, 1.82) is 0 Å². The van der Waals surface area contributed by atoms with Crippen molar-refractivity contribution < 1.29 is 4.79 Å². The van der Waals surface area contributed by atoms with Crippen molar-refractivity contribution in [3.8, 4) is 0 Å². The van der Waals surface area contributed by atoms with E-state index < -0.39 is 0 Å². The zero-order chi connectivity index (χ0) is 12.2. The molecule has 0 saturated carbocycles. The summed E-state index contributed by atoms with van der Waals surface area (Å²) < 4.78 is 0.192. The maximum absolute atomic E-state index is 11.9. The number of hydrogen-bond acceptors (Lipinski definition) is 2. The van der Waals surface area contributed by atoms with Crippen LogP contribution in [0, 0.1) is 5.92 Å². The number of rotatable bonds is 3. The van der Waals surface area contributed by atoms with Gasteiger partial charge in [-0.15, -0.1) is 11.8 Å². The molecule has 1 fully saturated rings. The molecule has 0 spiro atoms. The summed E-state index contributed by atoms with van der Waals surface area (Å²) >= 11 is 1.75. The van der Waals surface area contributed by atoms with E-state index in [2.05, 4.69) is 27.7 Å². The van der Waals surface area contributed by atoms with Gasteiger partial charge in [-0.3, -0.25) is 4.79 Å². The molecular weight excluding hydrogens is 218 g/mol. The van der Waals surface area contributed by atoms with Crippen LogP contribution in [0.4, 0.5) is 0 Å². The van der Waals surface area contributed by atoms with E-state index in [9.17, 15) is 4.79 Å². The van der Waals surface area contributed by atoms with Crippen LogP contribution in [0.25, 0.3) is 0 Å². The van der Waals surface area contributed by atoms with Crippen LogP contribution >= 0.6 is 11.8 Å². The predicted octanol–water partition coefficient (Wildman–Crippen LogP) is 3.17. The molecule has 1 aliphatic rings. The Morgan fingerprint density at radius 3 is 2.31 bits per heavy atom. The fourth-order valence-electron chi connectivity index (χ4n) is 1.96. The molecule has 1 aliphatic heterocycles. The van der Waals surface area contributed by atoms with Crippen LogP contribution in [0.1, 0.15) is 47.0 Å². The molecule has 0 unspecified atom stereocenters. The van der Waals surface area contributed by atoms with Gasteiger partial charge in [0, 0.05) is 17.8 Å². The SMILES string of the molecule is CCC1CCN(C(=O)CSC(C)(C)C)CC1. The lowest BCUT2D eigenvalue weighted by Crippen LogP contribution is -2.39. The van der Waals surface area contributed by atoms with Gasteiger partial charge in [0.1, 0.15) is 0 Å². The normalized spacial score (nSPS) is 18.9. The molecule has 94 valence electrons. The molecule has 0 aliphatic carbocycles. The van der Waals surface area contributed by atoms with Gasteiger partial charge in [-0.25, -0.2) is 0 Å². The lowest BCUT2D eigenvalue weighted by Gasteiger charge is -2.32.